The molecule has 1 fully saturated rings. The van der Waals surface area contributed by atoms with Crippen LogP contribution in [0.4, 0.5) is 0 Å². The number of benzene rings is 1. The van der Waals surface area contributed by atoms with Crippen LogP contribution >= 0.6 is 11.8 Å². The molecule has 2 rings (SSSR count). The molecule has 0 aliphatic carbocycles. The summed E-state index contributed by atoms with van der Waals surface area (Å²) in [5.41, 5.74) is 2.54. The van der Waals surface area contributed by atoms with Gasteiger partial charge in [-0.1, -0.05) is 29.8 Å². The molecule has 1 heterocycles. The molecule has 17 heavy (non-hydrogen) atoms. The maximum atomic E-state index is 10.1. The van der Waals surface area contributed by atoms with E-state index < -0.39 is 0 Å². The second kappa shape index (κ2) is 6.46. The monoisotopic (exact) mass is 250 g/mol. The van der Waals surface area contributed by atoms with Crippen molar-refractivity contribution < 1.29 is 5.11 Å². The van der Waals surface area contributed by atoms with Crippen LogP contribution in [0, 0.1) is 12.8 Å². The van der Waals surface area contributed by atoms with Crippen molar-refractivity contribution in [3.63, 3.8) is 0 Å². The highest BCUT2D eigenvalue weighted by Gasteiger charge is 2.17. The van der Waals surface area contributed by atoms with Crippen molar-refractivity contribution in [3.8, 4) is 0 Å². The van der Waals surface area contributed by atoms with Gasteiger partial charge >= 0.3 is 0 Å². The highest BCUT2D eigenvalue weighted by atomic mass is 32.2. The van der Waals surface area contributed by atoms with Gasteiger partial charge in [0.1, 0.15) is 0 Å². The number of aliphatic hydroxyl groups is 1. The Hall–Kier alpha value is -0.470. The lowest BCUT2D eigenvalue weighted by Gasteiger charge is -2.23. The van der Waals surface area contributed by atoms with Crippen molar-refractivity contribution >= 4 is 11.8 Å². The molecule has 94 valence electrons. The van der Waals surface area contributed by atoms with Crippen molar-refractivity contribution in [2.45, 2.75) is 38.7 Å². The fraction of sp³-hybridized carbons (Fsp3) is 0.600. The molecular weight excluding hydrogens is 228 g/mol. The number of aryl methyl sites for hydroxylation is 1. The molecule has 0 amide bonds. The highest BCUT2D eigenvalue weighted by Crippen LogP contribution is 2.27. The minimum Gasteiger partial charge on any atom is -0.393 e. The van der Waals surface area contributed by atoms with Gasteiger partial charge in [0.15, 0.2) is 0 Å². The van der Waals surface area contributed by atoms with Gasteiger partial charge < -0.3 is 5.11 Å². The standard InChI is InChI=1S/C15H22OS/c1-12-2-4-13(5-3-12)10-15(16)11-14-6-8-17-9-7-14/h2-5,14-16H,6-11H2,1H3. The second-order valence-electron chi connectivity index (χ2n) is 5.13. The first-order chi connectivity index (χ1) is 8.24. The van der Waals surface area contributed by atoms with Gasteiger partial charge in [-0.15, -0.1) is 0 Å². The molecule has 1 nitrogen and oxygen atoms in total. The zero-order chi connectivity index (χ0) is 12.1. The molecule has 0 aromatic heterocycles. The molecule has 1 saturated heterocycles. The van der Waals surface area contributed by atoms with Gasteiger partial charge in [0.25, 0.3) is 0 Å². The van der Waals surface area contributed by atoms with E-state index >= 15 is 0 Å². The van der Waals surface area contributed by atoms with E-state index in [2.05, 4.69) is 31.2 Å². The quantitative estimate of drug-likeness (QED) is 0.883. The predicted octanol–water partition coefficient (Wildman–Crippen LogP) is 3.43. The SMILES string of the molecule is Cc1ccc(CC(O)CC2CCSCC2)cc1. The first kappa shape index (κ1) is 13.0. The summed E-state index contributed by atoms with van der Waals surface area (Å²) in [5.74, 6) is 3.31. The van der Waals surface area contributed by atoms with E-state index in [1.54, 1.807) is 0 Å². The van der Waals surface area contributed by atoms with Gasteiger partial charge in [-0.2, -0.15) is 11.8 Å². The van der Waals surface area contributed by atoms with Gasteiger partial charge in [-0.25, -0.2) is 0 Å². The zero-order valence-corrected chi connectivity index (χ0v) is 11.4. The third kappa shape index (κ3) is 4.36. The van der Waals surface area contributed by atoms with Gasteiger partial charge in [-0.3, -0.25) is 0 Å². The molecule has 1 atom stereocenters. The average molecular weight is 250 g/mol. The average Bonchev–Trinajstić information content (AvgIpc) is 2.33. The largest absolute Gasteiger partial charge is 0.393 e. The van der Waals surface area contributed by atoms with E-state index in [0.29, 0.717) is 0 Å². The fourth-order valence-electron chi connectivity index (χ4n) is 2.45. The first-order valence-electron chi connectivity index (χ1n) is 6.55. The molecular formula is C15H22OS. The lowest BCUT2D eigenvalue weighted by atomic mass is 9.92. The van der Waals surface area contributed by atoms with Gasteiger partial charge in [0.05, 0.1) is 6.10 Å². The Morgan fingerprint density at radius 3 is 2.53 bits per heavy atom. The zero-order valence-electron chi connectivity index (χ0n) is 10.6. The molecule has 0 radical (unpaired) electrons. The lowest BCUT2D eigenvalue weighted by molar-refractivity contribution is 0.139. The molecule has 1 aromatic rings. The topological polar surface area (TPSA) is 20.2 Å². The van der Waals surface area contributed by atoms with Crippen molar-refractivity contribution in [1.82, 2.24) is 0 Å². The highest BCUT2D eigenvalue weighted by molar-refractivity contribution is 7.99. The minimum absolute atomic E-state index is 0.161. The summed E-state index contributed by atoms with van der Waals surface area (Å²) in [4.78, 5) is 0. The van der Waals surface area contributed by atoms with Crippen molar-refractivity contribution in [2.75, 3.05) is 11.5 Å². The van der Waals surface area contributed by atoms with Crippen LogP contribution in [0.15, 0.2) is 24.3 Å². The number of aliphatic hydroxyl groups excluding tert-OH is 1. The Labute approximate surface area is 109 Å². The molecule has 0 saturated carbocycles. The predicted molar refractivity (Wildman–Crippen MR) is 75.6 cm³/mol. The Bertz CT molecular complexity index is 327. The normalized spacial score (nSPS) is 19.2. The second-order valence-corrected chi connectivity index (χ2v) is 6.36. The smallest absolute Gasteiger partial charge is 0.0583 e. The Morgan fingerprint density at radius 2 is 1.88 bits per heavy atom. The first-order valence-corrected chi connectivity index (χ1v) is 7.71. The van der Waals surface area contributed by atoms with Crippen LogP contribution in [-0.4, -0.2) is 22.7 Å². The van der Waals surface area contributed by atoms with Gasteiger partial charge in [0.2, 0.25) is 0 Å². The third-order valence-electron chi connectivity index (χ3n) is 3.54. The molecule has 1 aliphatic rings. The maximum Gasteiger partial charge on any atom is 0.0583 e. The van der Waals surface area contributed by atoms with E-state index in [9.17, 15) is 5.11 Å². The van der Waals surface area contributed by atoms with Crippen molar-refractivity contribution in [2.24, 2.45) is 5.92 Å². The number of rotatable bonds is 4. The minimum atomic E-state index is -0.161. The Kier molecular flexibility index (Phi) is 4.93. The van der Waals surface area contributed by atoms with Crippen LogP contribution in [0.2, 0.25) is 0 Å². The van der Waals surface area contributed by atoms with Crippen LogP contribution in [0.1, 0.15) is 30.4 Å². The van der Waals surface area contributed by atoms with Crippen LogP contribution < -0.4 is 0 Å². The molecule has 1 unspecified atom stereocenters. The number of hydrogen-bond acceptors (Lipinski definition) is 2. The van der Waals surface area contributed by atoms with Crippen LogP contribution in [0.5, 0.6) is 0 Å². The molecule has 0 bridgehead atoms. The van der Waals surface area contributed by atoms with E-state index in [4.69, 9.17) is 0 Å². The summed E-state index contributed by atoms with van der Waals surface area (Å²) < 4.78 is 0. The summed E-state index contributed by atoms with van der Waals surface area (Å²) in [6, 6.07) is 8.52. The third-order valence-corrected chi connectivity index (χ3v) is 4.59. The van der Waals surface area contributed by atoms with Crippen LogP contribution in [0.25, 0.3) is 0 Å². The Balaban J connectivity index is 1.79. The maximum absolute atomic E-state index is 10.1. The van der Waals surface area contributed by atoms with Crippen LogP contribution in [0.3, 0.4) is 0 Å². The Morgan fingerprint density at radius 1 is 1.24 bits per heavy atom. The van der Waals surface area contributed by atoms with Crippen molar-refractivity contribution in [1.29, 1.82) is 0 Å². The lowest BCUT2D eigenvalue weighted by Crippen LogP contribution is -2.19. The molecule has 2 heteroatoms. The number of thioether (sulfide) groups is 1. The molecule has 1 aromatic carbocycles. The molecule has 1 N–H and O–H groups in total. The van der Waals surface area contributed by atoms with E-state index in [1.165, 1.54) is 35.5 Å². The number of hydrogen-bond donors (Lipinski definition) is 1. The van der Waals surface area contributed by atoms with E-state index in [-0.39, 0.29) is 6.10 Å². The molecule has 0 spiro atoms. The van der Waals surface area contributed by atoms with Gasteiger partial charge in [-0.05, 0) is 55.6 Å². The summed E-state index contributed by atoms with van der Waals surface area (Å²) >= 11 is 2.05. The summed E-state index contributed by atoms with van der Waals surface area (Å²) in [6.07, 6.45) is 4.20. The summed E-state index contributed by atoms with van der Waals surface area (Å²) in [6.45, 7) is 2.10. The summed E-state index contributed by atoms with van der Waals surface area (Å²) in [7, 11) is 0. The van der Waals surface area contributed by atoms with E-state index in [0.717, 1.165) is 18.8 Å². The molecule has 1 aliphatic heterocycles. The van der Waals surface area contributed by atoms with Crippen molar-refractivity contribution in [3.05, 3.63) is 35.4 Å². The van der Waals surface area contributed by atoms with Gasteiger partial charge in [0, 0.05) is 0 Å². The van der Waals surface area contributed by atoms with E-state index in [1.807, 2.05) is 11.8 Å². The summed E-state index contributed by atoms with van der Waals surface area (Å²) in [5, 5.41) is 10.1. The fourth-order valence-corrected chi connectivity index (χ4v) is 3.65. The van der Waals surface area contributed by atoms with Crippen LogP contribution in [-0.2, 0) is 6.42 Å².